The predicted octanol–water partition coefficient (Wildman–Crippen LogP) is 2.12. The fourth-order valence-corrected chi connectivity index (χ4v) is 4.50. The maximum Gasteiger partial charge on any atom is 0.276 e. The Hall–Kier alpha value is -2.03. The van der Waals surface area contributed by atoms with E-state index >= 15 is 0 Å². The van der Waals surface area contributed by atoms with Crippen LogP contribution in [0, 0.1) is 19.8 Å². The van der Waals surface area contributed by atoms with Gasteiger partial charge in [-0.05, 0) is 55.9 Å². The predicted molar refractivity (Wildman–Crippen MR) is 102 cm³/mol. The second-order valence-electron chi connectivity index (χ2n) is 7.23. The second kappa shape index (κ2) is 6.29. The lowest BCUT2D eigenvalue weighted by molar-refractivity contribution is 0.254. The molecule has 0 unspecified atom stereocenters. The van der Waals surface area contributed by atoms with Crippen LogP contribution >= 0.6 is 0 Å². The van der Waals surface area contributed by atoms with Gasteiger partial charge in [0.1, 0.15) is 5.52 Å². The topological polar surface area (TPSA) is 94.1 Å². The Bertz CT molecular complexity index is 1080. The molecule has 1 saturated heterocycles. The number of nitrogens with zero attached hydrogens (tertiary/aromatic N) is 4. The fraction of sp³-hybridized carbons (Fsp3) is 0.444. The third-order valence-electron chi connectivity index (χ3n) is 5.45. The van der Waals surface area contributed by atoms with E-state index < -0.39 is 10.2 Å². The molecule has 3 heterocycles. The monoisotopic (exact) mass is 373 g/mol. The normalized spacial score (nSPS) is 17.3. The third-order valence-corrected chi connectivity index (χ3v) is 6.53. The van der Waals surface area contributed by atoms with Gasteiger partial charge in [0.2, 0.25) is 0 Å². The number of hydrogen-bond donors (Lipinski definition) is 1. The van der Waals surface area contributed by atoms with Crippen molar-refractivity contribution in [2.24, 2.45) is 11.1 Å². The summed E-state index contributed by atoms with van der Waals surface area (Å²) in [6.07, 6.45) is 5.30. The molecule has 138 valence electrons. The minimum Gasteiger partial charge on any atom is -0.330 e. The molecule has 0 amide bonds. The molecule has 3 aromatic rings. The van der Waals surface area contributed by atoms with Gasteiger partial charge in [0.25, 0.3) is 10.2 Å². The average molecular weight is 373 g/mol. The Balaban J connectivity index is 1.65. The highest BCUT2D eigenvalue weighted by atomic mass is 32.2. The maximum atomic E-state index is 11.5. The molecular weight excluding hydrogens is 350 g/mol. The van der Waals surface area contributed by atoms with Crippen molar-refractivity contribution < 1.29 is 8.42 Å². The van der Waals surface area contributed by atoms with Crippen LogP contribution in [-0.4, -0.2) is 40.3 Å². The van der Waals surface area contributed by atoms with E-state index in [4.69, 9.17) is 5.14 Å². The number of aromatic nitrogens is 3. The minimum absolute atomic E-state index is 0.403. The molecule has 0 aliphatic carbocycles. The number of aryl methyl sites for hydroxylation is 2. The molecule has 0 spiro atoms. The van der Waals surface area contributed by atoms with Crippen LogP contribution in [0.15, 0.2) is 24.7 Å². The number of pyridine rings is 1. The summed E-state index contributed by atoms with van der Waals surface area (Å²) in [5, 5.41) is 6.35. The lowest BCUT2D eigenvalue weighted by Crippen LogP contribution is -2.42. The van der Waals surface area contributed by atoms with Crippen LogP contribution in [0.2, 0.25) is 0 Å². The number of nitrogens with two attached hydrogens (primary N) is 1. The van der Waals surface area contributed by atoms with E-state index in [1.54, 1.807) is 0 Å². The van der Waals surface area contributed by atoms with Crippen molar-refractivity contribution in [1.82, 2.24) is 18.8 Å². The Morgan fingerprint density at radius 3 is 2.50 bits per heavy atom. The Labute approximate surface area is 153 Å². The zero-order valence-electron chi connectivity index (χ0n) is 15.0. The Kier molecular flexibility index (Phi) is 4.21. The first kappa shape index (κ1) is 17.4. The van der Waals surface area contributed by atoms with E-state index in [-0.39, 0.29) is 0 Å². The molecule has 0 saturated carbocycles. The van der Waals surface area contributed by atoms with Crippen molar-refractivity contribution in [2.75, 3.05) is 13.1 Å². The Morgan fingerprint density at radius 2 is 1.81 bits per heavy atom. The van der Waals surface area contributed by atoms with Gasteiger partial charge < -0.3 is 4.57 Å². The summed E-state index contributed by atoms with van der Waals surface area (Å²) in [6.45, 7) is 5.99. The van der Waals surface area contributed by atoms with E-state index in [1.165, 1.54) is 15.4 Å². The summed E-state index contributed by atoms with van der Waals surface area (Å²) in [7, 11) is -3.58. The number of imidazole rings is 1. The van der Waals surface area contributed by atoms with Gasteiger partial charge in [0.15, 0.2) is 0 Å². The smallest absolute Gasteiger partial charge is 0.276 e. The zero-order valence-corrected chi connectivity index (χ0v) is 15.8. The van der Waals surface area contributed by atoms with Crippen LogP contribution in [0.1, 0.15) is 24.0 Å². The molecule has 1 aliphatic heterocycles. The SMILES string of the molecule is Cc1cc2ncc3ncn(CC4CCN(S(N)(=O)=O)CC4)c3c2cc1C. The van der Waals surface area contributed by atoms with E-state index in [2.05, 4.69) is 40.5 Å². The van der Waals surface area contributed by atoms with E-state index in [1.807, 2.05) is 12.5 Å². The van der Waals surface area contributed by atoms with E-state index in [0.29, 0.717) is 19.0 Å². The van der Waals surface area contributed by atoms with Gasteiger partial charge in [0, 0.05) is 25.0 Å². The van der Waals surface area contributed by atoms with Gasteiger partial charge in [-0.1, -0.05) is 0 Å². The molecule has 2 aromatic heterocycles. The first-order valence-corrected chi connectivity index (χ1v) is 10.3. The molecule has 0 atom stereocenters. The van der Waals surface area contributed by atoms with Crippen molar-refractivity contribution in [3.8, 4) is 0 Å². The lowest BCUT2D eigenvalue weighted by Gasteiger charge is -2.30. The van der Waals surface area contributed by atoms with Gasteiger partial charge >= 0.3 is 0 Å². The minimum atomic E-state index is -3.58. The molecule has 8 heteroatoms. The molecule has 4 rings (SSSR count). The van der Waals surface area contributed by atoms with Crippen LogP contribution < -0.4 is 5.14 Å². The lowest BCUT2D eigenvalue weighted by atomic mass is 9.98. The number of hydrogen-bond acceptors (Lipinski definition) is 4. The van der Waals surface area contributed by atoms with Gasteiger partial charge in [-0.2, -0.15) is 12.7 Å². The standard InChI is InChI=1S/C18H23N5O2S/c1-12-7-15-16(8-13(12)2)20-9-17-18(15)22(11-21-17)10-14-3-5-23(6-4-14)26(19,24)25/h7-9,11,14H,3-6,10H2,1-2H3,(H2,19,24,25). The molecular formula is C18H23N5O2S. The molecule has 0 radical (unpaired) electrons. The van der Waals surface area contributed by atoms with E-state index in [9.17, 15) is 8.42 Å². The summed E-state index contributed by atoms with van der Waals surface area (Å²) in [6, 6.07) is 4.30. The fourth-order valence-electron chi connectivity index (χ4n) is 3.78. The largest absolute Gasteiger partial charge is 0.330 e. The zero-order chi connectivity index (χ0) is 18.5. The Morgan fingerprint density at radius 1 is 1.12 bits per heavy atom. The summed E-state index contributed by atoms with van der Waals surface area (Å²) >= 11 is 0. The van der Waals surface area contributed by atoms with Gasteiger partial charge in [-0.15, -0.1) is 0 Å². The summed E-state index contributed by atoms with van der Waals surface area (Å²) < 4.78 is 26.5. The van der Waals surface area contributed by atoms with Crippen molar-refractivity contribution in [2.45, 2.75) is 33.2 Å². The highest BCUT2D eigenvalue weighted by Crippen LogP contribution is 2.28. The van der Waals surface area contributed by atoms with Crippen molar-refractivity contribution in [3.63, 3.8) is 0 Å². The van der Waals surface area contributed by atoms with Crippen LogP contribution in [0.5, 0.6) is 0 Å². The molecule has 1 aromatic carbocycles. The second-order valence-corrected chi connectivity index (χ2v) is 8.78. The average Bonchev–Trinajstić information content (AvgIpc) is 2.99. The number of piperidine rings is 1. The number of rotatable bonds is 3. The highest BCUT2D eigenvalue weighted by molar-refractivity contribution is 7.86. The van der Waals surface area contributed by atoms with Crippen LogP contribution in [-0.2, 0) is 16.8 Å². The van der Waals surface area contributed by atoms with E-state index in [0.717, 1.165) is 41.3 Å². The van der Waals surface area contributed by atoms with Crippen molar-refractivity contribution in [3.05, 3.63) is 35.8 Å². The number of fused-ring (bicyclic) bond motifs is 3. The molecule has 0 bridgehead atoms. The first-order valence-electron chi connectivity index (χ1n) is 8.81. The summed E-state index contributed by atoms with van der Waals surface area (Å²) in [5.74, 6) is 0.403. The van der Waals surface area contributed by atoms with Gasteiger partial charge in [0.05, 0.1) is 23.6 Å². The quantitative estimate of drug-likeness (QED) is 0.761. The molecule has 1 aliphatic rings. The molecule has 2 N–H and O–H groups in total. The van der Waals surface area contributed by atoms with Gasteiger partial charge in [-0.25, -0.2) is 10.1 Å². The maximum absolute atomic E-state index is 11.5. The molecule has 26 heavy (non-hydrogen) atoms. The number of benzene rings is 1. The summed E-state index contributed by atoms with van der Waals surface area (Å²) in [4.78, 5) is 9.06. The van der Waals surface area contributed by atoms with Gasteiger partial charge in [-0.3, -0.25) is 4.98 Å². The molecule has 1 fully saturated rings. The molecule has 7 nitrogen and oxygen atoms in total. The summed E-state index contributed by atoms with van der Waals surface area (Å²) in [5.41, 5.74) is 5.44. The first-order chi connectivity index (χ1) is 12.3. The van der Waals surface area contributed by atoms with Crippen LogP contribution in [0.4, 0.5) is 0 Å². The van der Waals surface area contributed by atoms with Crippen LogP contribution in [0.25, 0.3) is 21.9 Å². The van der Waals surface area contributed by atoms with Crippen LogP contribution in [0.3, 0.4) is 0 Å². The van der Waals surface area contributed by atoms with Crippen molar-refractivity contribution >= 4 is 32.1 Å². The van der Waals surface area contributed by atoms with Crippen molar-refractivity contribution in [1.29, 1.82) is 0 Å². The third kappa shape index (κ3) is 3.08. The highest BCUT2D eigenvalue weighted by Gasteiger charge is 2.26.